The first-order valence-corrected chi connectivity index (χ1v) is 11.6. The molecule has 0 aliphatic rings. The molecule has 3 aromatic carbocycles. The Kier molecular flexibility index (Phi) is 9.04. The van der Waals surface area contributed by atoms with Gasteiger partial charge < -0.3 is 9.47 Å². The lowest BCUT2D eigenvalue weighted by molar-refractivity contribution is -0.275. The summed E-state index contributed by atoms with van der Waals surface area (Å²) in [6.45, 7) is 2.10. The van der Waals surface area contributed by atoms with Crippen LogP contribution in [0.5, 0.6) is 11.5 Å². The van der Waals surface area contributed by atoms with E-state index >= 15 is 0 Å². The molecule has 3 rings (SSSR count). The third-order valence-corrected chi connectivity index (χ3v) is 5.56. The van der Waals surface area contributed by atoms with Gasteiger partial charge in [0.2, 0.25) is 0 Å². The summed E-state index contributed by atoms with van der Waals surface area (Å²) in [5, 5.41) is 0. The molecule has 200 valence electrons. The van der Waals surface area contributed by atoms with Gasteiger partial charge >= 0.3 is 12.5 Å². The quantitative estimate of drug-likeness (QED) is 0.181. The number of rotatable bonds is 11. The minimum atomic E-state index is -5.17. The van der Waals surface area contributed by atoms with Crippen LogP contribution in [0.3, 0.4) is 0 Å². The van der Waals surface area contributed by atoms with Crippen LogP contribution in [0.1, 0.15) is 43.7 Å². The fourth-order valence-electron chi connectivity index (χ4n) is 3.70. The Morgan fingerprint density at radius 1 is 0.676 bits per heavy atom. The van der Waals surface area contributed by atoms with Gasteiger partial charge in [0.25, 0.3) is 0 Å². The van der Waals surface area contributed by atoms with Crippen LogP contribution in [0, 0.1) is 17.5 Å². The maximum absolute atomic E-state index is 14.6. The van der Waals surface area contributed by atoms with E-state index in [9.17, 15) is 35.1 Å². The molecule has 0 bridgehead atoms. The lowest BCUT2D eigenvalue weighted by atomic mass is 9.98. The van der Waals surface area contributed by atoms with Crippen LogP contribution in [0.4, 0.5) is 35.1 Å². The number of halogens is 8. The van der Waals surface area contributed by atoms with Gasteiger partial charge in [-0.2, -0.15) is 8.78 Å². The maximum atomic E-state index is 14.6. The number of hydrogen-bond donors (Lipinski definition) is 0. The molecule has 0 spiro atoms. The molecule has 37 heavy (non-hydrogen) atoms. The van der Waals surface area contributed by atoms with E-state index in [-0.39, 0.29) is 5.56 Å². The summed E-state index contributed by atoms with van der Waals surface area (Å²) in [7, 11) is 0. The average molecular weight is 532 g/mol. The summed E-state index contributed by atoms with van der Waals surface area (Å²) in [6.07, 6.45) is -6.97. The van der Waals surface area contributed by atoms with Crippen molar-refractivity contribution in [3.63, 3.8) is 0 Å². The van der Waals surface area contributed by atoms with Gasteiger partial charge in [-0.25, -0.2) is 13.2 Å². The van der Waals surface area contributed by atoms with E-state index in [1.807, 2.05) is 12.1 Å². The second-order valence-corrected chi connectivity index (χ2v) is 8.45. The molecule has 0 atom stereocenters. The SMILES string of the molecule is CCCCCc1ccc(-c2cc(F)c(CCC(F)(F)Oc3ccc(OC(F)(F)F)c(F)c3)c(F)c2)cc1. The summed E-state index contributed by atoms with van der Waals surface area (Å²) in [5.74, 6) is -5.62. The molecule has 0 N–H and O–H groups in total. The van der Waals surface area contributed by atoms with Gasteiger partial charge in [0.15, 0.2) is 11.6 Å². The number of unbranched alkanes of at least 4 members (excludes halogenated alkanes) is 2. The number of aryl methyl sites for hydroxylation is 1. The Hall–Kier alpha value is -3.30. The maximum Gasteiger partial charge on any atom is 0.573 e. The highest BCUT2D eigenvalue weighted by Crippen LogP contribution is 2.33. The Bertz CT molecular complexity index is 1170. The number of ether oxygens (including phenoxy) is 2. The van der Waals surface area contributed by atoms with Crippen LogP contribution >= 0.6 is 0 Å². The predicted molar refractivity (Wildman–Crippen MR) is 122 cm³/mol. The molecule has 2 nitrogen and oxygen atoms in total. The molecule has 10 heteroatoms. The monoisotopic (exact) mass is 532 g/mol. The number of hydrogen-bond acceptors (Lipinski definition) is 2. The molecule has 0 unspecified atom stereocenters. The van der Waals surface area contributed by atoms with E-state index < -0.39 is 59.8 Å². The summed E-state index contributed by atoms with van der Waals surface area (Å²) < 4.78 is 116. The molecule has 0 aromatic heterocycles. The molecular formula is C27H24F8O2. The average Bonchev–Trinajstić information content (AvgIpc) is 2.80. The fraction of sp³-hybridized carbons (Fsp3) is 0.333. The Morgan fingerprint density at radius 3 is 1.89 bits per heavy atom. The van der Waals surface area contributed by atoms with Gasteiger partial charge in [-0.15, -0.1) is 13.2 Å². The summed E-state index contributed by atoms with van der Waals surface area (Å²) in [6, 6.07) is 10.8. The van der Waals surface area contributed by atoms with Gasteiger partial charge in [0, 0.05) is 11.6 Å². The number of alkyl halides is 5. The van der Waals surface area contributed by atoms with E-state index in [2.05, 4.69) is 16.4 Å². The second kappa shape index (κ2) is 11.8. The summed E-state index contributed by atoms with van der Waals surface area (Å²) >= 11 is 0. The van der Waals surface area contributed by atoms with Crippen molar-refractivity contribution in [1.82, 2.24) is 0 Å². The summed E-state index contributed by atoms with van der Waals surface area (Å²) in [5.41, 5.74) is 1.33. The first-order chi connectivity index (χ1) is 17.4. The Labute approximate surface area is 208 Å². The smallest absolute Gasteiger partial charge is 0.432 e. The van der Waals surface area contributed by atoms with Crippen molar-refractivity contribution in [2.75, 3.05) is 0 Å². The van der Waals surface area contributed by atoms with Crippen molar-refractivity contribution >= 4 is 0 Å². The molecule has 0 amide bonds. The lowest BCUT2D eigenvalue weighted by Crippen LogP contribution is -2.26. The normalized spacial score (nSPS) is 12.0. The molecule has 0 aliphatic heterocycles. The van der Waals surface area contributed by atoms with Crippen molar-refractivity contribution in [3.8, 4) is 22.6 Å². The van der Waals surface area contributed by atoms with Crippen LogP contribution in [-0.4, -0.2) is 12.5 Å². The van der Waals surface area contributed by atoms with E-state index in [0.29, 0.717) is 23.8 Å². The van der Waals surface area contributed by atoms with Crippen LogP contribution < -0.4 is 9.47 Å². The minimum absolute atomic E-state index is 0.249. The van der Waals surface area contributed by atoms with E-state index in [1.54, 1.807) is 12.1 Å². The third kappa shape index (κ3) is 8.36. The van der Waals surface area contributed by atoms with E-state index in [0.717, 1.165) is 43.4 Å². The molecule has 0 radical (unpaired) electrons. The van der Waals surface area contributed by atoms with Crippen LogP contribution in [-0.2, 0) is 12.8 Å². The molecule has 0 aliphatic carbocycles. The molecule has 0 saturated carbocycles. The lowest BCUT2D eigenvalue weighted by Gasteiger charge is -2.19. The highest BCUT2D eigenvalue weighted by molar-refractivity contribution is 5.64. The third-order valence-electron chi connectivity index (χ3n) is 5.56. The zero-order chi connectivity index (χ0) is 27.2. The molecule has 3 aromatic rings. The topological polar surface area (TPSA) is 18.5 Å². The Balaban J connectivity index is 1.65. The first-order valence-electron chi connectivity index (χ1n) is 11.6. The predicted octanol–water partition coefficient (Wildman–Crippen LogP) is 9.01. The Morgan fingerprint density at radius 2 is 1.32 bits per heavy atom. The standard InChI is InChI=1S/C27H24F8O2/c1-2-3-4-5-17-6-8-18(9-7-17)19-14-22(28)21(23(29)15-19)12-13-26(31,32)36-20-10-11-25(24(30)16-20)37-27(33,34)35/h6-11,14-16H,2-5,12-13H2,1H3. The largest absolute Gasteiger partial charge is 0.573 e. The van der Waals surface area contributed by atoms with Crippen molar-refractivity contribution in [2.45, 2.75) is 57.9 Å². The minimum Gasteiger partial charge on any atom is -0.432 e. The highest BCUT2D eigenvalue weighted by atomic mass is 19.4. The van der Waals surface area contributed by atoms with Crippen molar-refractivity contribution in [1.29, 1.82) is 0 Å². The molecular weight excluding hydrogens is 508 g/mol. The van der Waals surface area contributed by atoms with Gasteiger partial charge in [0.05, 0.1) is 6.42 Å². The van der Waals surface area contributed by atoms with Crippen molar-refractivity contribution in [2.24, 2.45) is 0 Å². The van der Waals surface area contributed by atoms with Crippen LogP contribution in [0.25, 0.3) is 11.1 Å². The van der Waals surface area contributed by atoms with Crippen LogP contribution in [0.2, 0.25) is 0 Å². The van der Waals surface area contributed by atoms with Gasteiger partial charge in [-0.05, 0) is 60.2 Å². The first kappa shape index (κ1) is 28.3. The molecule has 0 heterocycles. The summed E-state index contributed by atoms with van der Waals surface area (Å²) in [4.78, 5) is 0. The van der Waals surface area contributed by atoms with Gasteiger partial charge in [-0.1, -0.05) is 44.0 Å². The fourth-order valence-corrected chi connectivity index (χ4v) is 3.70. The molecule has 0 saturated heterocycles. The highest BCUT2D eigenvalue weighted by Gasteiger charge is 2.34. The zero-order valence-corrected chi connectivity index (χ0v) is 19.8. The van der Waals surface area contributed by atoms with Gasteiger partial charge in [-0.3, -0.25) is 0 Å². The zero-order valence-electron chi connectivity index (χ0n) is 19.8. The second-order valence-electron chi connectivity index (χ2n) is 8.45. The van der Waals surface area contributed by atoms with Gasteiger partial charge in [0.1, 0.15) is 17.4 Å². The van der Waals surface area contributed by atoms with Crippen molar-refractivity contribution < 1.29 is 44.6 Å². The van der Waals surface area contributed by atoms with Crippen LogP contribution in [0.15, 0.2) is 54.6 Å². The van der Waals surface area contributed by atoms with E-state index in [1.165, 1.54) is 0 Å². The molecule has 0 fully saturated rings. The van der Waals surface area contributed by atoms with E-state index in [4.69, 9.17) is 0 Å². The number of benzene rings is 3. The van der Waals surface area contributed by atoms with Crippen molar-refractivity contribution in [3.05, 3.63) is 83.2 Å².